The SMILES string of the molecule is Nc1ccc(Br)cc1NCCOCC1CC1. The molecule has 3 nitrogen and oxygen atoms in total. The summed E-state index contributed by atoms with van der Waals surface area (Å²) in [5.41, 5.74) is 7.57. The van der Waals surface area contributed by atoms with Crippen molar-refractivity contribution in [3.63, 3.8) is 0 Å². The Labute approximate surface area is 104 Å². The molecule has 1 aliphatic rings. The van der Waals surface area contributed by atoms with Crippen LogP contribution in [0.1, 0.15) is 12.8 Å². The molecular formula is C12H17BrN2O. The molecule has 1 saturated carbocycles. The van der Waals surface area contributed by atoms with Gasteiger partial charge in [0.15, 0.2) is 0 Å². The van der Waals surface area contributed by atoms with E-state index in [0.717, 1.165) is 41.5 Å². The lowest BCUT2D eigenvalue weighted by Gasteiger charge is -2.10. The smallest absolute Gasteiger partial charge is 0.0639 e. The van der Waals surface area contributed by atoms with Crippen molar-refractivity contribution in [2.75, 3.05) is 30.8 Å². The van der Waals surface area contributed by atoms with Crippen LogP contribution < -0.4 is 11.1 Å². The summed E-state index contributed by atoms with van der Waals surface area (Å²) in [5.74, 6) is 0.830. The average molecular weight is 285 g/mol. The quantitative estimate of drug-likeness (QED) is 0.624. The maximum atomic E-state index is 5.84. The predicted molar refractivity (Wildman–Crippen MR) is 70.6 cm³/mol. The van der Waals surface area contributed by atoms with Gasteiger partial charge in [-0.05, 0) is 37.0 Å². The van der Waals surface area contributed by atoms with E-state index in [0.29, 0.717) is 0 Å². The van der Waals surface area contributed by atoms with Gasteiger partial charge in [0.25, 0.3) is 0 Å². The highest BCUT2D eigenvalue weighted by Crippen LogP contribution is 2.28. The molecule has 4 heteroatoms. The summed E-state index contributed by atoms with van der Waals surface area (Å²) in [6, 6.07) is 5.80. The molecule has 0 unspecified atom stereocenters. The van der Waals surface area contributed by atoms with Crippen molar-refractivity contribution in [2.24, 2.45) is 5.92 Å². The Bertz CT molecular complexity index is 353. The molecule has 3 N–H and O–H groups in total. The first kappa shape index (κ1) is 11.7. The van der Waals surface area contributed by atoms with Crippen LogP contribution in [-0.2, 0) is 4.74 Å². The van der Waals surface area contributed by atoms with Crippen molar-refractivity contribution < 1.29 is 4.74 Å². The number of anilines is 2. The van der Waals surface area contributed by atoms with Crippen LogP contribution in [0.25, 0.3) is 0 Å². The molecule has 0 aliphatic heterocycles. The third-order valence-corrected chi connectivity index (χ3v) is 3.12. The van der Waals surface area contributed by atoms with Gasteiger partial charge in [-0.15, -0.1) is 0 Å². The Morgan fingerprint density at radius 1 is 1.44 bits per heavy atom. The Kier molecular flexibility index (Phi) is 4.07. The normalized spacial score (nSPS) is 15.1. The summed E-state index contributed by atoms with van der Waals surface area (Å²) >= 11 is 3.42. The van der Waals surface area contributed by atoms with Gasteiger partial charge in [-0.2, -0.15) is 0 Å². The lowest BCUT2D eigenvalue weighted by Crippen LogP contribution is -2.11. The highest BCUT2D eigenvalue weighted by Gasteiger charge is 2.20. The van der Waals surface area contributed by atoms with Crippen LogP contribution in [-0.4, -0.2) is 19.8 Å². The third-order valence-electron chi connectivity index (χ3n) is 2.63. The predicted octanol–water partition coefficient (Wildman–Crippen LogP) is 2.87. The average Bonchev–Trinajstić information content (AvgIpc) is 3.06. The Hall–Kier alpha value is -0.740. The first-order valence-corrected chi connectivity index (χ1v) is 6.41. The van der Waals surface area contributed by atoms with Gasteiger partial charge < -0.3 is 15.8 Å². The van der Waals surface area contributed by atoms with Gasteiger partial charge in [0, 0.05) is 17.6 Å². The second-order valence-electron chi connectivity index (χ2n) is 4.18. The number of nitrogens with one attached hydrogen (secondary N) is 1. The number of hydrogen-bond acceptors (Lipinski definition) is 3. The molecule has 0 bridgehead atoms. The minimum atomic E-state index is 0.739. The molecule has 0 spiro atoms. The van der Waals surface area contributed by atoms with Gasteiger partial charge in [0.1, 0.15) is 0 Å². The molecule has 0 radical (unpaired) electrons. The Morgan fingerprint density at radius 3 is 3.00 bits per heavy atom. The lowest BCUT2D eigenvalue weighted by atomic mass is 10.3. The maximum Gasteiger partial charge on any atom is 0.0639 e. The molecule has 1 aromatic rings. The number of hydrogen-bond donors (Lipinski definition) is 2. The molecule has 88 valence electrons. The zero-order chi connectivity index (χ0) is 11.4. The van der Waals surface area contributed by atoms with Crippen molar-refractivity contribution in [3.05, 3.63) is 22.7 Å². The monoisotopic (exact) mass is 284 g/mol. The lowest BCUT2D eigenvalue weighted by molar-refractivity contribution is 0.134. The molecule has 1 fully saturated rings. The second kappa shape index (κ2) is 5.55. The van der Waals surface area contributed by atoms with Crippen LogP contribution in [0, 0.1) is 5.92 Å². The molecule has 0 amide bonds. The molecule has 0 aromatic heterocycles. The number of rotatable bonds is 6. The van der Waals surface area contributed by atoms with Crippen molar-refractivity contribution in [1.29, 1.82) is 0 Å². The highest BCUT2D eigenvalue weighted by atomic mass is 79.9. The zero-order valence-electron chi connectivity index (χ0n) is 9.21. The van der Waals surface area contributed by atoms with Crippen molar-refractivity contribution in [3.8, 4) is 0 Å². The van der Waals surface area contributed by atoms with E-state index in [9.17, 15) is 0 Å². The molecule has 1 aromatic carbocycles. The number of nitrogens with two attached hydrogens (primary N) is 1. The van der Waals surface area contributed by atoms with Gasteiger partial charge >= 0.3 is 0 Å². The first-order valence-electron chi connectivity index (χ1n) is 5.62. The van der Waals surface area contributed by atoms with Crippen LogP contribution >= 0.6 is 15.9 Å². The molecule has 1 aliphatic carbocycles. The van der Waals surface area contributed by atoms with Crippen LogP contribution in [0.3, 0.4) is 0 Å². The molecule has 2 rings (SSSR count). The van der Waals surface area contributed by atoms with Crippen LogP contribution in [0.4, 0.5) is 11.4 Å². The topological polar surface area (TPSA) is 47.3 Å². The van der Waals surface area contributed by atoms with E-state index in [-0.39, 0.29) is 0 Å². The van der Waals surface area contributed by atoms with Gasteiger partial charge in [0.2, 0.25) is 0 Å². The second-order valence-corrected chi connectivity index (χ2v) is 5.09. The van der Waals surface area contributed by atoms with E-state index in [2.05, 4.69) is 21.2 Å². The third kappa shape index (κ3) is 3.68. The Balaban J connectivity index is 1.69. The van der Waals surface area contributed by atoms with Crippen LogP contribution in [0.15, 0.2) is 22.7 Å². The fourth-order valence-corrected chi connectivity index (χ4v) is 1.84. The maximum absolute atomic E-state index is 5.84. The van der Waals surface area contributed by atoms with Crippen LogP contribution in [0.5, 0.6) is 0 Å². The van der Waals surface area contributed by atoms with E-state index >= 15 is 0 Å². The van der Waals surface area contributed by atoms with Gasteiger partial charge in [0.05, 0.1) is 18.0 Å². The number of benzene rings is 1. The zero-order valence-corrected chi connectivity index (χ0v) is 10.8. The number of nitrogen functional groups attached to an aromatic ring is 1. The first-order chi connectivity index (χ1) is 7.75. The standard InChI is InChI=1S/C12H17BrN2O/c13-10-3-4-11(14)12(7-10)15-5-6-16-8-9-1-2-9/h3-4,7,9,15H,1-2,5-6,8,14H2. The van der Waals surface area contributed by atoms with E-state index in [1.807, 2.05) is 18.2 Å². The summed E-state index contributed by atoms with van der Waals surface area (Å²) in [6.45, 7) is 2.45. The summed E-state index contributed by atoms with van der Waals surface area (Å²) in [4.78, 5) is 0. The van der Waals surface area contributed by atoms with Gasteiger partial charge in [-0.25, -0.2) is 0 Å². The van der Waals surface area contributed by atoms with E-state index in [4.69, 9.17) is 10.5 Å². The van der Waals surface area contributed by atoms with E-state index in [1.165, 1.54) is 12.8 Å². The molecule has 0 atom stereocenters. The molecule has 0 saturated heterocycles. The molecule has 16 heavy (non-hydrogen) atoms. The fourth-order valence-electron chi connectivity index (χ4n) is 1.47. The summed E-state index contributed by atoms with van der Waals surface area (Å²) < 4.78 is 6.57. The van der Waals surface area contributed by atoms with Crippen molar-refractivity contribution in [1.82, 2.24) is 0 Å². The van der Waals surface area contributed by atoms with E-state index < -0.39 is 0 Å². The van der Waals surface area contributed by atoms with Gasteiger partial charge in [-0.3, -0.25) is 0 Å². The van der Waals surface area contributed by atoms with Gasteiger partial charge in [-0.1, -0.05) is 15.9 Å². The summed E-state index contributed by atoms with van der Waals surface area (Å²) in [7, 11) is 0. The van der Waals surface area contributed by atoms with E-state index in [1.54, 1.807) is 0 Å². The number of halogens is 1. The fraction of sp³-hybridized carbons (Fsp3) is 0.500. The largest absolute Gasteiger partial charge is 0.397 e. The molecular weight excluding hydrogens is 268 g/mol. The van der Waals surface area contributed by atoms with Crippen molar-refractivity contribution in [2.45, 2.75) is 12.8 Å². The van der Waals surface area contributed by atoms with Crippen LogP contribution in [0.2, 0.25) is 0 Å². The Morgan fingerprint density at radius 2 is 2.25 bits per heavy atom. The number of ether oxygens (including phenoxy) is 1. The van der Waals surface area contributed by atoms with Crippen molar-refractivity contribution >= 4 is 27.3 Å². The molecule has 0 heterocycles. The minimum absolute atomic E-state index is 0.739. The minimum Gasteiger partial charge on any atom is -0.397 e. The highest BCUT2D eigenvalue weighted by molar-refractivity contribution is 9.10. The summed E-state index contributed by atoms with van der Waals surface area (Å²) in [6.07, 6.45) is 2.68. The summed E-state index contributed by atoms with van der Waals surface area (Å²) in [5, 5.41) is 3.27.